The number of nitrogens with zero attached hydrogens (tertiary/aromatic N) is 2. The van der Waals surface area contributed by atoms with Crippen molar-refractivity contribution in [3.63, 3.8) is 0 Å². The topological polar surface area (TPSA) is 103 Å². The number of benzene rings is 3. The molecule has 0 radical (unpaired) electrons. The summed E-state index contributed by atoms with van der Waals surface area (Å²) in [7, 11) is -2.45. The first-order chi connectivity index (χ1) is 17.3. The van der Waals surface area contributed by atoms with E-state index >= 15 is 0 Å². The van der Waals surface area contributed by atoms with E-state index in [1.807, 2.05) is 12.1 Å². The number of fused-ring (bicyclic) bond motifs is 1. The van der Waals surface area contributed by atoms with Gasteiger partial charge in [-0.05, 0) is 54.1 Å². The average Bonchev–Trinajstić information content (AvgIpc) is 3.36. The molecule has 182 valence electrons. The second kappa shape index (κ2) is 9.34. The number of rotatable bonds is 6. The van der Waals surface area contributed by atoms with Crippen molar-refractivity contribution in [2.45, 2.75) is 4.90 Å². The Kier molecular flexibility index (Phi) is 6.21. The highest BCUT2D eigenvalue weighted by Crippen LogP contribution is 2.37. The third kappa shape index (κ3) is 4.44. The van der Waals surface area contributed by atoms with Gasteiger partial charge in [0.25, 0.3) is 15.6 Å². The number of hydrogen-bond acceptors (Lipinski definition) is 6. The van der Waals surface area contributed by atoms with Crippen LogP contribution in [0.5, 0.6) is 5.75 Å². The van der Waals surface area contributed by atoms with E-state index in [2.05, 4.69) is 14.4 Å². The molecule has 0 spiro atoms. The summed E-state index contributed by atoms with van der Waals surface area (Å²) < 4.78 is 39.6. The highest BCUT2D eigenvalue weighted by atomic mass is 35.5. The van der Waals surface area contributed by atoms with Crippen molar-refractivity contribution in [3.05, 3.63) is 99.5 Å². The number of sulfonamides is 1. The van der Waals surface area contributed by atoms with E-state index in [0.29, 0.717) is 37.9 Å². The van der Waals surface area contributed by atoms with E-state index in [9.17, 15) is 13.2 Å². The first kappa shape index (κ1) is 23.9. The third-order valence-corrected chi connectivity index (χ3v) is 7.40. The van der Waals surface area contributed by atoms with Gasteiger partial charge < -0.3 is 9.26 Å². The fraction of sp³-hybridized carbons (Fsp3) is 0.0400. The van der Waals surface area contributed by atoms with Crippen LogP contribution < -0.4 is 15.0 Å². The normalized spacial score (nSPS) is 11.5. The molecule has 11 heteroatoms. The van der Waals surface area contributed by atoms with E-state index in [-0.39, 0.29) is 16.3 Å². The van der Waals surface area contributed by atoms with Crippen LogP contribution in [-0.4, -0.2) is 25.3 Å². The maximum atomic E-state index is 13.0. The van der Waals surface area contributed by atoms with Crippen molar-refractivity contribution in [2.75, 3.05) is 11.8 Å². The molecule has 0 atom stereocenters. The summed E-state index contributed by atoms with van der Waals surface area (Å²) in [6.45, 7) is 0. The Morgan fingerprint density at radius 3 is 2.56 bits per heavy atom. The number of anilines is 1. The van der Waals surface area contributed by atoms with E-state index < -0.39 is 10.0 Å². The molecule has 2 aromatic heterocycles. The van der Waals surface area contributed by atoms with Crippen molar-refractivity contribution >= 4 is 49.9 Å². The molecule has 5 aromatic rings. The molecule has 8 nitrogen and oxygen atoms in total. The van der Waals surface area contributed by atoms with Crippen molar-refractivity contribution in [3.8, 4) is 22.6 Å². The van der Waals surface area contributed by atoms with Gasteiger partial charge in [0.15, 0.2) is 5.82 Å². The second-order valence-electron chi connectivity index (χ2n) is 7.73. The minimum Gasteiger partial charge on any atom is -0.495 e. The number of hydrogen-bond donors (Lipinski definition) is 1. The van der Waals surface area contributed by atoms with Gasteiger partial charge in [0.1, 0.15) is 12.0 Å². The van der Waals surface area contributed by atoms with Crippen molar-refractivity contribution in [1.82, 2.24) is 9.72 Å². The predicted octanol–water partition coefficient (Wildman–Crippen LogP) is 5.76. The highest BCUT2D eigenvalue weighted by Gasteiger charge is 2.19. The molecule has 0 saturated heterocycles. The number of pyridine rings is 1. The monoisotopic (exact) mass is 541 g/mol. The van der Waals surface area contributed by atoms with Crippen LogP contribution in [0.4, 0.5) is 5.82 Å². The van der Waals surface area contributed by atoms with Crippen LogP contribution in [0.2, 0.25) is 10.0 Å². The third-order valence-electron chi connectivity index (χ3n) is 5.50. The number of halogens is 2. The molecule has 0 fully saturated rings. The molecule has 0 amide bonds. The van der Waals surface area contributed by atoms with Crippen LogP contribution in [0.1, 0.15) is 0 Å². The Morgan fingerprint density at radius 2 is 1.83 bits per heavy atom. The van der Waals surface area contributed by atoms with Gasteiger partial charge in [0.05, 0.1) is 28.2 Å². The number of methoxy groups -OCH3 is 1. The van der Waals surface area contributed by atoms with Gasteiger partial charge in [0, 0.05) is 28.1 Å². The summed E-state index contributed by atoms with van der Waals surface area (Å²) in [5, 5.41) is 5.02. The maximum Gasteiger partial charge on any atom is 0.263 e. The smallest absolute Gasteiger partial charge is 0.263 e. The minimum atomic E-state index is -3.94. The first-order valence-corrected chi connectivity index (χ1v) is 12.7. The molecule has 3 aromatic carbocycles. The van der Waals surface area contributed by atoms with E-state index in [1.54, 1.807) is 36.4 Å². The van der Waals surface area contributed by atoms with Crippen LogP contribution in [0.15, 0.2) is 93.3 Å². The predicted molar refractivity (Wildman–Crippen MR) is 139 cm³/mol. The Hall–Kier alpha value is -3.79. The van der Waals surface area contributed by atoms with Crippen molar-refractivity contribution in [2.24, 2.45) is 0 Å². The Labute approximate surface area is 215 Å². The first-order valence-electron chi connectivity index (χ1n) is 10.5. The Morgan fingerprint density at radius 1 is 1.00 bits per heavy atom. The lowest BCUT2D eigenvalue weighted by Gasteiger charge is -2.17. The molecule has 0 saturated carbocycles. The summed E-state index contributed by atoms with van der Waals surface area (Å²) in [6, 6.07) is 19.3. The van der Waals surface area contributed by atoms with Gasteiger partial charge in [-0.1, -0.05) is 40.5 Å². The van der Waals surface area contributed by atoms with Crippen LogP contribution in [-0.2, 0) is 10.0 Å². The number of aromatic nitrogens is 2. The second-order valence-corrected chi connectivity index (χ2v) is 10.3. The van der Waals surface area contributed by atoms with Crippen LogP contribution in [0.25, 0.3) is 27.7 Å². The number of nitrogens with one attached hydrogen (secondary N) is 1. The van der Waals surface area contributed by atoms with Gasteiger partial charge in [0.2, 0.25) is 0 Å². The van der Waals surface area contributed by atoms with Gasteiger partial charge in [-0.3, -0.25) is 14.1 Å². The zero-order valence-corrected chi connectivity index (χ0v) is 20.9. The zero-order valence-electron chi connectivity index (χ0n) is 18.6. The Balaban J connectivity index is 1.65. The van der Waals surface area contributed by atoms with Crippen LogP contribution in [0, 0.1) is 0 Å². The number of ether oxygens (including phenoxy) is 1. The zero-order chi connectivity index (χ0) is 25.4. The molecule has 36 heavy (non-hydrogen) atoms. The Bertz CT molecular complexity index is 1770. The molecule has 2 heterocycles. The van der Waals surface area contributed by atoms with Crippen molar-refractivity contribution < 1.29 is 17.7 Å². The molecule has 5 rings (SSSR count). The lowest BCUT2D eigenvalue weighted by Crippen LogP contribution is -2.19. The molecular formula is C25H17Cl2N3O5S. The van der Waals surface area contributed by atoms with Gasteiger partial charge in [-0.2, -0.15) is 0 Å². The SMILES string of the molecule is COc1cc(-c2cccc(Cl)c2)c(Cl)cc1-n1c(=O)ccc2cc(S(=O)(=O)Nc3ccon3)ccc21. The quantitative estimate of drug-likeness (QED) is 0.293. The molecule has 1 N–H and O–H groups in total. The van der Waals surface area contributed by atoms with Crippen LogP contribution in [0.3, 0.4) is 0 Å². The molecular weight excluding hydrogens is 525 g/mol. The maximum absolute atomic E-state index is 13.0. The summed E-state index contributed by atoms with van der Waals surface area (Å²) in [5.74, 6) is 0.451. The summed E-state index contributed by atoms with van der Waals surface area (Å²) in [6.07, 6.45) is 1.26. The standard InChI is InChI=1S/C25H17Cl2N3O5S/c1-34-23-13-19(15-3-2-4-17(26)11-15)20(27)14-22(23)30-21-7-6-18(12-16(21)5-8-25(30)31)36(32,33)29-24-9-10-35-28-24/h2-14H,1H3,(H,28,29). The molecule has 0 unspecified atom stereocenters. The van der Waals surface area contributed by atoms with Crippen molar-refractivity contribution in [1.29, 1.82) is 0 Å². The molecule has 0 bridgehead atoms. The van der Waals surface area contributed by atoms with E-state index in [4.69, 9.17) is 27.9 Å². The highest BCUT2D eigenvalue weighted by molar-refractivity contribution is 7.92. The van der Waals surface area contributed by atoms with E-state index in [0.717, 1.165) is 5.56 Å². The summed E-state index contributed by atoms with van der Waals surface area (Å²) in [4.78, 5) is 13.0. The minimum absolute atomic E-state index is 0.00972. The summed E-state index contributed by atoms with van der Waals surface area (Å²) >= 11 is 12.8. The lowest BCUT2D eigenvalue weighted by atomic mass is 10.0. The fourth-order valence-corrected chi connectivity index (χ4v) is 5.34. The fourth-order valence-electron chi connectivity index (χ4n) is 3.86. The molecule has 0 aliphatic carbocycles. The summed E-state index contributed by atoms with van der Waals surface area (Å²) in [5.41, 5.74) is 1.99. The lowest BCUT2D eigenvalue weighted by molar-refractivity contribution is 0.413. The molecule has 0 aliphatic rings. The van der Waals surface area contributed by atoms with Gasteiger partial charge in [-0.15, -0.1) is 0 Å². The van der Waals surface area contributed by atoms with Gasteiger partial charge >= 0.3 is 0 Å². The average molecular weight is 542 g/mol. The van der Waals surface area contributed by atoms with Crippen LogP contribution >= 0.6 is 23.2 Å². The van der Waals surface area contributed by atoms with E-state index in [1.165, 1.54) is 42.2 Å². The largest absolute Gasteiger partial charge is 0.495 e. The van der Waals surface area contributed by atoms with Gasteiger partial charge in [-0.25, -0.2) is 8.42 Å². The molecule has 0 aliphatic heterocycles.